The third kappa shape index (κ3) is 3.73. The summed E-state index contributed by atoms with van der Waals surface area (Å²) in [5, 5.41) is 2.14. The lowest BCUT2D eigenvalue weighted by Gasteiger charge is -2.18. The van der Waals surface area contributed by atoms with Crippen LogP contribution in [0.15, 0.2) is 36.5 Å². The molecule has 1 aromatic carbocycles. The van der Waals surface area contributed by atoms with Crippen molar-refractivity contribution in [1.82, 2.24) is 9.88 Å². The molecular weight excluding hydrogens is 316 g/mol. The smallest absolute Gasteiger partial charge is 0.274 e. The van der Waals surface area contributed by atoms with Crippen LogP contribution >= 0.6 is 0 Å². The number of aromatic nitrogens is 1. The van der Waals surface area contributed by atoms with Crippen LogP contribution in [0.4, 0.5) is 14.5 Å². The van der Waals surface area contributed by atoms with Crippen LogP contribution in [0, 0.1) is 11.6 Å². The molecule has 1 aromatic heterocycles. The SMILES string of the molecule is CCN(CC)C(=O)c1ccnc(C(=O)Nc2c(F)cccc2F)c1. The Morgan fingerprint density at radius 3 is 2.33 bits per heavy atom. The van der Waals surface area contributed by atoms with Gasteiger partial charge < -0.3 is 10.2 Å². The van der Waals surface area contributed by atoms with E-state index < -0.39 is 23.2 Å². The van der Waals surface area contributed by atoms with Crippen molar-refractivity contribution < 1.29 is 18.4 Å². The van der Waals surface area contributed by atoms with Crippen molar-refractivity contribution in [3.63, 3.8) is 0 Å². The number of anilines is 1. The number of para-hydroxylation sites is 1. The molecule has 0 aliphatic rings. The molecule has 0 atom stereocenters. The first-order valence-corrected chi connectivity index (χ1v) is 7.48. The summed E-state index contributed by atoms with van der Waals surface area (Å²) in [5.74, 6) is -2.82. The number of pyridine rings is 1. The van der Waals surface area contributed by atoms with Gasteiger partial charge in [0.1, 0.15) is 23.0 Å². The molecule has 0 fully saturated rings. The second kappa shape index (κ2) is 7.63. The van der Waals surface area contributed by atoms with E-state index in [0.29, 0.717) is 13.1 Å². The zero-order valence-corrected chi connectivity index (χ0v) is 13.3. The van der Waals surface area contributed by atoms with Gasteiger partial charge in [0, 0.05) is 24.8 Å². The van der Waals surface area contributed by atoms with Gasteiger partial charge in [0.05, 0.1) is 0 Å². The summed E-state index contributed by atoms with van der Waals surface area (Å²) in [7, 11) is 0. The minimum atomic E-state index is -0.890. The highest BCUT2D eigenvalue weighted by atomic mass is 19.1. The van der Waals surface area contributed by atoms with Gasteiger partial charge in [-0.25, -0.2) is 8.78 Å². The zero-order chi connectivity index (χ0) is 17.7. The number of nitrogens with one attached hydrogen (secondary N) is 1. The van der Waals surface area contributed by atoms with E-state index in [9.17, 15) is 18.4 Å². The highest BCUT2D eigenvalue weighted by molar-refractivity contribution is 6.04. The van der Waals surface area contributed by atoms with Gasteiger partial charge in [-0.15, -0.1) is 0 Å². The predicted molar refractivity (Wildman–Crippen MR) is 85.8 cm³/mol. The summed E-state index contributed by atoms with van der Waals surface area (Å²) < 4.78 is 27.2. The van der Waals surface area contributed by atoms with Crippen LogP contribution in [0.2, 0.25) is 0 Å². The number of carbonyl (C=O) groups excluding carboxylic acids is 2. The summed E-state index contributed by atoms with van der Waals surface area (Å²) in [6.07, 6.45) is 1.31. The molecule has 2 aromatic rings. The molecule has 7 heteroatoms. The van der Waals surface area contributed by atoms with Crippen LogP contribution in [-0.4, -0.2) is 34.8 Å². The first-order chi connectivity index (χ1) is 11.5. The van der Waals surface area contributed by atoms with Crippen LogP contribution < -0.4 is 5.32 Å². The van der Waals surface area contributed by atoms with Crippen LogP contribution in [0.5, 0.6) is 0 Å². The van der Waals surface area contributed by atoms with Crippen molar-refractivity contribution in [2.75, 3.05) is 18.4 Å². The molecule has 0 aliphatic heterocycles. The third-order valence-electron chi connectivity index (χ3n) is 3.49. The Bertz CT molecular complexity index is 741. The van der Waals surface area contributed by atoms with Gasteiger partial charge in [-0.1, -0.05) is 6.07 Å². The molecule has 1 heterocycles. The van der Waals surface area contributed by atoms with Crippen molar-refractivity contribution >= 4 is 17.5 Å². The average molecular weight is 333 g/mol. The molecule has 0 bridgehead atoms. The molecule has 2 rings (SSSR count). The largest absolute Gasteiger partial charge is 0.339 e. The Balaban J connectivity index is 2.25. The Kier molecular flexibility index (Phi) is 5.57. The molecule has 0 radical (unpaired) electrons. The molecule has 0 saturated carbocycles. The molecule has 126 valence electrons. The molecular formula is C17H17F2N3O2. The van der Waals surface area contributed by atoms with E-state index in [0.717, 1.165) is 12.1 Å². The third-order valence-corrected chi connectivity index (χ3v) is 3.49. The fourth-order valence-electron chi connectivity index (χ4n) is 2.18. The first kappa shape index (κ1) is 17.5. The predicted octanol–water partition coefficient (Wildman–Crippen LogP) is 3.09. The van der Waals surface area contributed by atoms with E-state index in [1.54, 1.807) is 4.90 Å². The molecule has 5 nitrogen and oxygen atoms in total. The number of nitrogens with zero attached hydrogens (tertiary/aromatic N) is 2. The van der Waals surface area contributed by atoms with E-state index >= 15 is 0 Å². The number of halogens is 2. The molecule has 0 aliphatic carbocycles. The van der Waals surface area contributed by atoms with Crippen molar-refractivity contribution in [3.8, 4) is 0 Å². The summed E-state index contributed by atoms with van der Waals surface area (Å²) in [6, 6.07) is 6.05. The number of amides is 2. The molecule has 0 spiro atoms. The molecule has 0 saturated heterocycles. The quantitative estimate of drug-likeness (QED) is 0.914. The maximum Gasteiger partial charge on any atom is 0.274 e. The Morgan fingerprint density at radius 1 is 1.12 bits per heavy atom. The second-order valence-electron chi connectivity index (χ2n) is 4.96. The highest BCUT2D eigenvalue weighted by Gasteiger charge is 2.17. The molecule has 24 heavy (non-hydrogen) atoms. The lowest BCUT2D eigenvalue weighted by atomic mass is 10.2. The lowest BCUT2D eigenvalue weighted by molar-refractivity contribution is 0.0773. The summed E-state index contributed by atoms with van der Waals surface area (Å²) >= 11 is 0. The van der Waals surface area contributed by atoms with E-state index in [-0.39, 0.29) is 17.2 Å². The Hall–Kier alpha value is -2.83. The molecule has 2 amide bonds. The van der Waals surface area contributed by atoms with Crippen molar-refractivity contribution in [2.45, 2.75) is 13.8 Å². The van der Waals surface area contributed by atoms with Gasteiger partial charge in [0.2, 0.25) is 0 Å². The number of hydrogen-bond donors (Lipinski definition) is 1. The summed E-state index contributed by atoms with van der Waals surface area (Å²) in [5.41, 5.74) is -0.367. The van der Waals surface area contributed by atoms with Gasteiger partial charge in [-0.05, 0) is 38.1 Å². The average Bonchev–Trinajstić information content (AvgIpc) is 2.59. The van der Waals surface area contributed by atoms with Crippen LogP contribution in [0.25, 0.3) is 0 Å². The fraction of sp³-hybridized carbons (Fsp3) is 0.235. The van der Waals surface area contributed by atoms with Gasteiger partial charge in [-0.3, -0.25) is 14.6 Å². The zero-order valence-electron chi connectivity index (χ0n) is 13.3. The van der Waals surface area contributed by atoms with Crippen LogP contribution in [-0.2, 0) is 0 Å². The number of carbonyl (C=O) groups is 2. The first-order valence-electron chi connectivity index (χ1n) is 7.48. The minimum Gasteiger partial charge on any atom is -0.339 e. The summed E-state index contributed by atoms with van der Waals surface area (Å²) in [6.45, 7) is 4.74. The van der Waals surface area contributed by atoms with E-state index in [1.165, 1.54) is 24.4 Å². The second-order valence-corrected chi connectivity index (χ2v) is 4.96. The fourth-order valence-corrected chi connectivity index (χ4v) is 2.18. The number of hydrogen-bond acceptors (Lipinski definition) is 3. The van der Waals surface area contributed by atoms with Gasteiger partial charge >= 0.3 is 0 Å². The molecule has 0 unspecified atom stereocenters. The Morgan fingerprint density at radius 2 is 1.75 bits per heavy atom. The van der Waals surface area contributed by atoms with Gasteiger partial charge in [0.25, 0.3) is 11.8 Å². The van der Waals surface area contributed by atoms with E-state index in [1.807, 2.05) is 13.8 Å². The Labute approximate surface area is 138 Å². The van der Waals surface area contributed by atoms with Crippen LogP contribution in [0.1, 0.15) is 34.7 Å². The maximum absolute atomic E-state index is 13.6. The van der Waals surface area contributed by atoms with E-state index in [2.05, 4.69) is 10.3 Å². The topological polar surface area (TPSA) is 62.3 Å². The maximum atomic E-state index is 13.6. The standard InChI is InChI=1S/C17H17F2N3O2/c1-3-22(4-2)17(24)11-8-9-20-14(10-11)16(23)21-15-12(18)6-5-7-13(15)19/h5-10H,3-4H2,1-2H3,(H,21,23). The number of benzene rings is 1. The minimum absolute atomic E-state index is 0.101. The highest BCUT2D eigenvalue weighted by Crippen LogP contribution is 2.19. The van der Waals surface area contributed by atoms with Crippen molar-refractivity contribution in [2.24, 2.45) is 0 Å². The lowest BCUT2D eigenvalue weighted by Crippen LogP contribution is -2.30. The molecule has 1 N–H and O–H groups in total. The van der Waals surface area contributed by atoms with Gasteiger partial charge in [-0.2, -0.15) is 0 Å². The monoisotopic (exact) mass is 333 g/mol. The summed E-state index contributed by atoms with van der Waals surface area (Å²) in [4.78, 5) is 29.9. The van der Waals surface area contributed by atoms with Gasteiger partial charge in [0.15, 0.2) is 0 Å². The van der Waals surface area contributed by atoms with Crippen molar-refractivity contribution in [3.05, 3.63) is 59.4 Å². The van der Waals surface area contributed by atoms with E-state index in [4.69, 9.17) is 0 Å². The van der Waals surface area contributed by atoms with Crippen molar-refractivity contribution in [1.29, 1.82) is 0 Å². The number of rotatable bonds is 5. The normalized spacial score (nSPS) is 10.3. The van der Waals surface area contributed by atoms with Crippen LogP contribution in [0.3, 0.4) is 0 Å².